The van der Waals surface area contributed by atoms with E-state index in [1.54, 1.807) is 13.8 Å². The van der Waals surface area contributed by atoms with Gasteiger partial charge >= 0.3 is 12.1 Å². The van der Waals surface area contributed by atoms with Gasteiger partial charge in [0.2, 0.25) is 36.2 Å². The number of aliphatic imine (C=N–C) groups is 4. The molecule has 22 heteroatoms. The van der Waals surface area contributed by atoms with Gasteiger partial charge in [-0.1, -0.05) is 0 Å². The van der Waals surface area contributed by atoms with Gasteiger partial charge in [-0.25, -0.2) is 38.7 Å². The molecule has 0 bridgehead atoms. The van der Waals surface area contributed by atoms with Crippen LogP contribution in [-0.2, 0) is 36.8 Å². The van der Waals surface area contributed by atoms with Crippen LogP contribution < -0.4 is 32.8 Å². The first-order valence-electron chi connectivity index (χ1n) is 12.2. The Morgan fingerprint density at radius 3 is 1.91 bits per heavy atom. The number of nitrogens with one attached hydrogen (secondary N) is 5. The van der Waals surface area contributed by atoms with Gasteiger partial charge < -0.3 is 26.2 Å². The molecule has 0 spiro atoms. The van der Waals surface area contributed by atoms with Gasteiger partial charge in [-0.2, -0.15) is 20.0 Å². The molecule has 0 saturated heterocycles. The topological polar surface area (TPSA) is 335 Å². The molecule has 0 radical (unpaired) electrons. The van der Waals surface area contributed by atoms with Crippen LogP contribution in [0.3, 0.4) is 0 Å². The van der Waals surface area contributed by atoms with Crippen molar-refractivity contribution >= 4 is 48.3 Å². The van der Waals surface area contributed by atoms with Crippen LogP contribution in [0.2, 0.25) is 0 Å². The zero-order chi connectivity index (χ0) is 34.0. The minimum absolute atomic E-state index is 0.0600. The van der Waals surface area contributed by atoms with Crippen LogP contribution in [0.4, 0.5) is 21.5 Å². The monoisotopic (exact) mass is 632 g/mol. The van der Waals surface area contributed by atoms with E-state index < -0.39 is 17.7 Å². The molecular formula is C23H28N12O10. The summed E-state index contributed by atoms with van der Waals surface area (Å²) < 4.78 is 4.81. The number of rotatable bonds is 12. The highest BCUT2D eigenvalue weighted by Crippen LogP contribution is 2.04. The second-order valence-corrected chi connectivity index (χ2v) is 7.62. The number of isocyanates is 4. The number of nitrogens with zero attached hydrogens (tertiary/aromatic N) is 6. The first-order chi connectivity index (χ1) is 21.5. The number of nitrogen functional groups attached to an aromatic ring is 1. The standard InChI is InChI=1S/C13H15N7O6.C7H11N3O2.C3H2N2O2/c1-8-9(2-3-26-13(25)17-5-15-7-22)10(23)19-11(18-8)20-12(24)16-4-14-6-21;1-4-5(2-3-11)6(12)10-7(8)9-4;6-2-4-1-5-3-7/h2-5H2,1H3,(H,17,25)(H3,16,18,19,20,23,24);11H,2-3H2,1H3,(H3,8,9,10,12);1H2. The molecule has 3 amide bonds. The number of carbonyl (C=O) groups excluding carboxylic acids is 6. The zero-order valence-corrected chi connectivity index (χ0v) is 23.8. The van der Waals surface area contributed by atoms with Gasteiger partial charge in [0.15, 0.2) is 6.67 Å². The van der Waals surface area contributed by atoms with Gasteiger partial charge in [0.1, 0.15) is 13.3 Å². The number of aliphatic hydroxyl groups is 1. The third-order valence-electron chi connectivity index (χ3n) is 4.66. The molecule has 0 unspecified atom stereocenters. The van der Waals surface area contributed by atoms with Crippen molar-refractivity contribution in [1.29, 1.82) is 0 Å². The lowest BCUT2D eigenvalue weighted by atomic mass is 10.2. The second-order valence-electron chi connectivity index (χ2n) is 7.62. The van der Waals surface area contributed by atoms with Gasteiger partial charge in [0, 0.05) is 30.6 Å². The van der Waals surface area contributed by atoms with Gasteiger partial charge in [-0.15, -0.1) is 0 Å². The molecule has 2 aromatic rings. The Bertz CT molecular complexity index is 1580. The van der Waals surface area contributed by atoms with Crippen LogP contribution in [0.25, 0.3) is 0 Å². The van der Waals surface area contributed by atoms with Crippen LogP contribution in [0.5, 0.6) is 0 Å². The van der Waals surface area contributed by atoms with Gasteiger partial charge in [-0.3, -0.25) is 24.9 Å². The first kappa shape index (κ1) is 38.6. The van der Waals surface area contributed by atoms with E-state index in [1.165, 1.54) is 24.3 Å². The van der Waals surface area contributed by atoms with Crippen molar-refractivity contribution in [2.24, 2.45) is 20.0 Å². The van der Waals surface area contributed by atoms with E-state index in [9.17, 15) is 38.4 Å². The number of urea groups is 1. The van der Waals surface area contributed by atoms with Gasteiger partial charge in [-0.05, 0) is 13.8 Å². The molecule has 22 nitrogen and oxygen atoms in total. The number of alkyl carbamates (subject to hydrolysis) is 1. The molecule has 0 saturated carbocycles. The van der Waals surface area contributed by atoms with Crippen molar-refractivity contribution < 1.29 is 38.6 Å². The Kier molecular flexibility index (Phi) is 19.9. The molecule has 45 heavy (non-hydrogen) atoms. The van der Waals surface area contributed by atoms with Crippen molar-refractivity contribution in [3.8, 4) is 0 Å². The lowest BCUT2D eigenvalue weighted by molar-refractivity contribution is 0.147. The van der Waals surface area contributed by atoms with Crippen LogP contribution >= 0.6 is 0 Å². The maximum Gasteiger partial charge on any atom is 0.408 e. The summed E-state index contributed by atoms with van der Waals surface area (Å²) in [5.41, 5.74) is 6.16. The number of ether oxygens (including phenoxy) is 1. The molecule has 0 atom stereocenters. The largest absolute Gasteiger partial charge is 0.449 e. The fourth-order valence-corrected chi connectivity index (χ4v) is 2.82. The Morgan fingerprint density at radius 1 is 0.844 bits per heavy atom. The number of aryl methyl sites for hydroxylation is 2. The summed E-state index contributed by atoms with van der Waals surface area (Å²) in [6.07, 6.45) is 4.50. The molecule has 8 N–H and O–H groups in total. The number of aliphatic hydroxyl groups excluding tert-OH is 1. The first-order valence-corrected chi connectivity index (χ1v) is 12.2. The van der Waals surface area contributed by atoms with Crippen molar-refractivity contribution in [3.05, 3.63) is 43.2 Å². The number of nitrogens with two attached hydrogens (primary N) is 1. The summed E-state index contributed by atoms with van der Waals surface area (Å²) in [4.78, 5) is 109. The second kappa shape index (κ2) is 23.2. The number of hydrogen-bond donors (Lipinski definition) is 7. The van der Waals surface area contributed by atoms with E-state index in [2.05, 4.69) is 55.9 Å². The molecule has 2 aromatic heterocycles. The van der Waals surface area contributed by atoms with Crippen LogP contribution in [0.15, 0.2) is 29.6 Å². The third-order valence-corrected chi connectivity index (χ3v) is 4.66. The molecule has 2 rings (SSSR count). The maximum absolute atomic E-state index is 12.0. The summed E-state index contributed by atoms with van der Waals surface area (Å²) >= 11 is 0. The molecule has 0 aliphatic carbocycles. The lowest BCUT2D eigenvalue weighted by Gasteiger charge is -2.09. The predicted molar refractivity (Wildman–Crippen MR) is 152 cm³/mol. The number of H-pyrrole nitrogens is 2. The summed E-state index contributed by atoms with van der Waals surface area (Å²) in [7, 11) is 0. The van der Waals surface area contributed by atoms with E-state index >= 15 is 0 Å². The molecule has 0 aromatic carbocycles. The maximum atomic E-state index is 12.0. The number of amides is 3. The predicted octanol–water partition coefficient (Wildman–Crippen LogP) is -2.13. The van der Waals surface area contributed by atoms with Gasteiger partial charge in [0.05, 0.1) is 18.0 Å². The average molecular weight is 633 g/mol. The smallest absolute Gasteiger partial charge is 0.408 e. The van der Waals surface area contributed by atoms with Crippen molar-refractivity contribution in [2.75, 3.05) is 44.3 Å². The van der Waals surface area contributed by atoms with E-state index in [0.717, 1.165) is 0 Å². The third kappa shape index (κ3) is 17.2. The summed E-state index contributed by atoms with van der Waals surface area (Å²) in [5.74, 6) is 0.00779. The quantitative estimate of drug-likeness (QED) is 0.0971. The van der Waals surface area contributed by atoms with Crippen molar-refractivity contribution in [3.63, 3.8) is 0 Å². The average Bonchev–Trinajstić information content (AvgIpc) is 2.97. The zero-order valence-electron chi connectivity index (χ0n) is 23.8. The summed E-state index contributed by atoms with van der Waals surface area (Å²) in [5, 5.41) is 15.3. The highest BCUT2D eigenvalue weighted by molar-refractivity contribution is 5.87. The van der Waals surface area contributed by atoms with Gasteiger partial charge in [0.25, 0.3) is 11.1 Å². The SMILES string of the molecule is Cc1nc(N)[nH]c(=O)c1CCO.Cc1nc(NC(=O)NCN=C=O)[nH]c(=O)c1CCOC(=O)NCN=C=O.O=C=NCN=C=O. The highest BCUT2D eigenvalue weighted by Gasteiger charge is 2.11. The van der Waals surface area contributed by atoms with Crippen LogP contribution in [-0.4, -0.2) is 94.7 Å². The fourth-order valence-electron chi connectivity index (χ4n) is 2.82. The number of aromatic amines is 2. The van der Waals surface area contributed by atoms with E-state index in [1.807, 2.05) is 0 Å². The molecule has 240 valence electrons. The Morgan fingerprint density at radius 2 is 1.38 bits per heavy atom. The summed E-state index contributed by atoms with van der Waals surface area (Å²) in [6, 6.07) is -0.725. The van der Waals surface area contributed by atoms with E-state index in [0.29, 0.717) is 23.4 Å². The van der Waals surface area contributed by atoms with Crippen molar-refractivity contribution in [2.45, 2.75) is 26.7 Å². The normalized spacial score (nSPS) is 8.96. The number of anilines is 2. The lowest BCUT2D eigenvalue weighted by Crippen LogP contribution is -2.31. The van der Waals surface area contributed by atoms with E-state index in [-0.39, 0.29) is 62.7 Å². The number of carbonyl (C=O) groups is 2. The minimum atomic E-state index is -0.806. The summed E-state index contributed by atoms with van der Waals surface area (Å²) in [6.45, 7) is 2.37. The van der Waals surface area contributed by atoms with Crippen LogP contribution in [0, 0.1) is 13.8 Å². The van der Waals surface area contributed by atoms with Crippen molar-refractivity contribution in [1.82, 2.24) is 30.6 Å². The number of aromatic nitrogens is 4. The molecule has 0 fully saturated rings. The molecule has 0 aliphatic rings. The minimum Gasteiger partial charge on any atom is -0.449 e. The molecule has 2 heterocycles. The van der Waals surface area contributed by atoms with E-state index in [4.69, 9.17) is 15.6 Å². The Labute approximate surface area is 252 Å². The number of hydrogen-bond acceptors (Lipinski definition) is 17. The Hall–Kier alpha value is -6.42. The molecule has 0 aliphatic heterocycles. The Balaban J connectivity index is 0.000000832. The fraction of sp³-hybridized carbons (Fsp3) is 0.391. The molecular weight excluding hydrogens is 604 g/mol. The highest BCUT2D eigenvalue weighted by atomic mass is 16.5. The van der Waals surface area contributed by atoms with Crippen LogP contribution in [0.1, 0.15) is 22.5 Å².